The van der Waals surface area contributed by atoms with E-state index in [1.54, 1.807) is 0 Å². The third kappa shape index (κ3) is 1.83. The maximum atomic E-state index is 3.20. The Bertz CT molecular complexity index is 295. The van der Waals surface area contributed by atoms with Crippen molar-refractivity contribution in [1.29, 1.82) is 0 Å². The number of hydrogen-bond acceptors (Lipinski definition) is 0. The van der Waals surface area contributed by atoms with Crippen molar-refractivity contribution in [2.45, 2.75) is 20.8 Å². The van der Waals surface area contributed by atoms with E-state index in [1.165, 1.54) is 22.3 Å². The van der Waals surface area contributed by atoms with E-state index < -0.39 is 0 Å². The quantitative estimate of drug-likeness (QED) is 0.597. The summed E-state index contributed by atoms with van der Waals surface area (Å²) in [4.78, 5) is 0. The second-order valence-corrected chi connectivity index (χ2v) is 3.38. The van der Waals surface area contributed by atoms with Crippen LogP contribution in [0.1, 0.15) is 22.3 Å². The molecule has 1 heteroatoms. The zero-order valence-electron chi connectivity index (χ0n) is 7.06. The Balaban J connectivity index is 3.40. The third-order valence-corrected chi connectivity index (χ3v) is 2.28. The van der Waals surface area contributed by atoms with Gasteiger partial charge in [-0.2, -0.15) is 0 Å². The van der Waals surface area contributed by atoms with Gasteiger partial charge in [0.15, 0.2) is 0 Å². The Morgan fingerprint density at radius 2 is 1.55 bits per heavy atom. The molecular weight excluding hydrogens is 216 g/mol. The van der Waals surface area contributed by atoms with Crippen molar-refractivity contribution in [3.63, 3.8) is 0 Å². The molecule has 0 nitrogen and oxygen atoms in total. The fourth-order valence-corrected chi connectivity index (χ4v) is 2.13. The molecule has 0 aromatic heterocycles. The second kappa shape index (κ2) is 3.39. The van der Waals surface area contributed by atoms with E-state index in [0.717, 1.165) is 0 Å². The summed E-state index contributed by atoms with van der Waals surface area (Å²) >= 11 is 1.90. The van der Waals surface area contributed by atoms with Crippen LogP contribution in [0.3, 0.4) is 0 Å². The van der Waals surface area contributed by atoms with Gasteiger partial charge in [-0.25, -0.2) is 0 Å². The van der Waals surface area contributed by atoms with Gasteiger partial charge in [0.05, 0.1) is 0 Å². The van der Waals surface area contributed by atoms with Gasteiger partial charge in [-0.3, -0.25) is 0 Å². The first-order chi connectivity index (χ1) is 5.15. The molecule has 0 heterocycles. The van der Waals surface area contributed by atoms with Gasteiger partial charge in [-0.15, -0.1) is 0 Å². The molecule has 0 aliphatic heterocycles. The molecule has 0 saturated carbocycles. The third-order valence-electron chi connectivity index (χ3n) is 1.78. The number of aryl methyl sites for hydroxylation is 3. The van der Waals surface area contributed by atoms with Crippen LogP contribution in [0.4, 0.5) is 0 Å². The number of hydrogen-bond donors (Lipinski definition) is 0. The van der Waals surface area contributed by atoms with Crippen LogP contribution in [0.25, 0.3) is 0 Å². The van der Waals surface area contributed by atoms with E-state index in [9.17, 15) is 0 Å². The number of benzene rings is 1. The Morgan fingerprint density at radius 3 is 1.91 bits per heavy atom. The zero-order valence-corrected chi connectivity index (χ0v) is 9.07. The van der Waals surface area contributed by atoms with Crippen LogP contribution in [-0.2, 0) is 19.2 Å². The van der Waals surface area contributed by atoms with Crippen molar-refractivity contribution < 1.29 is 19.2 Å². The summed E-state index contributed by atoms with van der Waals surface area (Å²) in [5, 5.41) is 0. The first kappa shape index (κ1) is 8.78. The molecule has 1 aromatic carbocycles. The van der Waals surface area contributed by atoms with Crippen molar-refractivity contribution >= 4 is 0 Å². The van der Waals surface area contributed by atoms with Crippen molar-refractivity contribution in [2.75, 3.05) is 0 Å². The van der Waals surface area contributed by atoms with Gasteiger partial charge in [0.2, 0.25) is 0 Å². The molecular formula is C10H11Mo. The molecule has 0 N–H and O–H groups in total. The zero-order chi connectivity index (χ0) is 8.43. The topological polar surface area (TPSA) is 0 Å². The molecule has 0 bridgehead atoms. The summed E-state index contributed by atoms with van der Waals surface area (Å²) in [5.74, 6) is 0. The molecule has 0 atom stereocenters. The molecule has 57 valence electrons. The van der Waals surface area contributed by atoms with Gasteiger partial charge in [0, 0.05) is 0 Å². The average molecular weight is 227 g/mol. The fraction of sp³-hybridized carbons (Fsp3) is 0.300. The first-order valence-corrected chi connectivity index (χ1v) is 4.61. The summed E-state index contributed by atoms with van der Waals surface area (Å²) in [6, 6.07) is 4.39. The molecule has 0 amide bonds. The molecule has 0 unspecified atom stereocenters. The minimum absolute atomic E-state index is 1.26. The predicted molar refractivity (Wildman–Crippen MR) is 43.6 cm³/mol. The van der Waals surface area contributed by atoms with Crippen LogP contribution >= 0.6 is 0 Å². The van der Waals surface area contributed by atoms with Crippen molar-refractivity contribution in [3.05, 3.63) is 34.4 Å². The van der Waals surface area contributed by atoms with Gasteiger partial charge in [-0.05, 0) is 0 Å². The fourth-order valence-electron chi connectivity index (χ4n) is 1.34. The van der Waals surface area contributed by atoms with Crippen LogP contribution in [0, 0.1) is 25.0 Å². The van der Waals surface area contributed by atoms with Gasteiger partial charge >= 0.3 is 78.5 Å². The molecule has 11 heavy (non-hydrogen) atoms. The molecule has 0 saturated heterocycles. The van der Waals surface area contributed by atoms with Crippen LogP contribution in [0.5, 0.6) is 0 Å². The maximum absolute atomic E-state index is 3.20. The van der Waals surface area contributed by atoms with E-state index in [1.807, 2.05) is 19.2 Å². The summed E-state index contributed by atoms with van der Waals surface area (Å²) < 4.78 is 3.20. The van der Waals surface area contributed by atoms with Gasteiger partial charge in [-0.1, -0.05) is 0 Å². The Labute approximate surface area is 78.6 Å². The van der Waals surface area contributed by atoms with Crippen molar-refractivity contribution in [3.8, 4) is 4.20 Å². The van der Waals surface area contributed by atoms with Crippen molar-refractivity contribution in [1.82, 2.24) is 0 Å². The first-order valence-electron chi connectivity index (χ1n) is 3.61. The van der Waals surface area contributed by atoms with Crippen LogP contribution < -0.4 is 0 Å². The second-order valence-electron chi connectivity index (χ2n) is 2.88. The molecule has 1 aromatic rings. The summed E-state index contributed by atoms with van der Waals surface area (Å²) in [6.45, 7) is 6.39. The van der Waals surface area contributed by atoms with Gasteiger partial charge in [0.1, 0.15) is 0 Å². The van der Waals surface area contributed by atoms with E-state index in [-0.39, 0.29) is 0 Å². The minimum atomic E-state index is 1.26. The monoisotopic (exact) mass is 229 g/mol. The van der Waals surface area contributed by atoms with Crippen LogP contribution in [0.15, 0.2) is 12.1 Å². The van der Waals surface area contributed by atoms with E-state index >= 15 is 0 Å². The Kier molecular flexibility index (Phi) is 2.71. The Hall–Kier alpha value is -0.312. The molecule has 1 rings (SSSR count). The molecule has 0 radical (unpaired) electrons. The standard InChI is InChI=1S/C10H11.Mo/c1-7-5-8(2)10(4)9(3)6-7;/h5-6H,1-3H3;. The molecule has 0 fully saturated rings. The van der Waals surface area contributed by atoms with E-state index in [2.05, 4.69) is 37.1 Å². The molecule has 0 aliphatic rings. The summed E-state index contributed by atoms with van der Waals surface area (Å²) in [7, 11) is 0. The van der Waals surface area contributed by atoms with Gasteiger partial charge < -0.3 is 0 Å². The van der Waals surface area contributed by atoms with Crippen LogP contribution in [0.2, 0.25) is 0 Å². The molecule has 0 spiro atoms. The Morgan fingerprint density at radius 1 is 1.09 bits per heavy atom. The van der Waals surface area contributed by atoms with E-state index in [4.69, 9.17) is 0 Å². The normalized spacial score (nSPS) is 9.27. The molecule has 0 aliphatic carbocycles. The van der Waals surface area contributed by atoms with E-state index in [0.29, 0.717) is 0 Å². The summed E-state index contributed by atoms with van der Waals surface area (Å²) in [6.07, 6.45) is 0. The predicted octanol–water partition coefficient (Wildman–Crippen LogP) is 2.47. The van der Waals surface area contributed by atoms with Crippen LogP contribution in [-0.4, -0.2) is 0 Å². The summed E-state index contributed by atoms with van der Waals surface area (Å²) in [5.41, 5.74) is 5.25. The van der Waals surface area contributed by atoms with Gasteiger partial charge in [0.25, 0.3) is 0 Å². The SMILES string of the molecule is Cc1cc(C)c([C]#[Mo])c(C)c1. The van der Waals surface area contributed by atoms with Crippen molar-refractivity contribution in [2.24, 2.45) is 0 Å². The number of rotatable bonds is 0. The average Bonchev–Trinajstić information content (AvgIpc) is 1.85.